The fraction of sp³-hybridized carbons (Fsp3) is 0.600. The van der Waals surface area contributed by atoms with Gasteiger partial charge in [0, 0.05) is 7.05 Å². The number of aromatic nitrogens is 2. The first kappa shape index (κ1) is 9.24. The monoisotopic (exact) mass is 194 g/mol. The minimum atomic E-state index is -0.398. The molecule has 14 heavy (non-hydrogen) atoms. The molecule has 0 unspecified atom stereocenters. The molecule has 0 saturated heterocycles. The second kappa shape index (κ2) is 2.83. The van der Waals surface area contributed by atoms with Crippen LogP contribution in [-0.4, -0.2) is 22.9 Å². The third kappa shape index (κ3) is 1.14. The number of aryl methyl sites for hydroxylation is 2. The van der Waals surface area contributed by atoms with Gasteiger partial charge in [-0.3, -0.25) is 9.48 Å². The Kier molecular flexibility index (Phi) is 1.87. The summed E-state index contributed by atoms with van der Waals surface area (Å²) >= 11 is 0. The summed E-state index contributed by atoms with van der Waals surface area (Å²) < 4.78 is 6.59. The second-order valence-electron chi connectivity index (χ2n) is 3.87. The minimum Gasteiger partial charge on any atom is -0.468 e. The fourth-order valence-electron chi connectivity index (χ4n) is 1.94. The maximum atomic E-state index is 11.6. The van der Waals surface area contributed by atoms with E-state index in [0.29, 0.717) is 0 Å². The van der Waals surface area contributed by atoms with Crippen molar-refractivity contribution in [2.45, 2.75) is 25.2 Å². The number of methoxy groups -OCH3 is 1. The van der Waals surface area contributed by atoms with Gasteiger partial charge < -0.3 is 4.74 Å². The molecule has 1 aliphatic carbocycles. The van der Waals surface area contributed by atoms with Crippen molar-refractivity contribution in [3.8, 4) is 0 Å². The van der Waals surface area contributed by atoms with Gasteiger partial charge in [0.25, 0.3) is 0 Å². The van der Waals surface area contributed by atoms with E-state index in [1.807, 2.05) is 20.0 Å². The zero-order chi connectivity index (χ0) is 10.3. The van der Waals surface area contributed by atoms with Gasteiger partial charge >= 0.3 is 5.97 Å². The predicted octanol–water partition coefficient (Wildman–Crippen LogP) is 0.933. The first-order valence-electron chi connectivity index (χ1n) is 4.70. The lowest BCUT2D eigenvalue weighted by Crippen LogP contribution is -2.24. The highest BCUT2D eigenvalue weighted by Crippen LogP contribution is 2.49. The first-order chi connectivity index (χ1) is 6.60. The first-order valence-corrected chi connectivity index (χ1v) is 4.70. The zero-order valence-electron chi connectivity index (χ0n) is 8.70. The number of hydrogen-bond acceptors (Lipinski definition) is 3. The van der Waals surface area contributed by atoms with Crippen molar-refractivity contribution in [3.63, 3.8) is 0 Å². The van der Waals surface area contributed by atoms with E-state index in [9.17, 15) is 4.79 Å². The Hall–Kier alpha value is -1.32. The number of esters is 1. The van der Waals surface area contributed by atoms with Gasteiger partial charge in [-0.25, -0.2) is 0 Å². The maximum absolute atomic E-state index is 11.6. The Morgan fingerprint density at radius 1 is 1.64 bits per heavy atom. The molecule has 4 heteroatoms. The minimum absolute atomic E-state index is 0.138. The molecular weight excluding hydrogens is 180 g/mol. The van der Waals surface area contributed by atoms with Gasteiger partial charge in [0.2, 0.25) is 0 Å². The standard InChI is InChI=1S/C10H14N2O2/c1-7-6-8(12(2)11-7)10(4-5-10)9(13)14-3/h6H,4-5H2,1-3H3. The van der Waals surface area contributed by atoms with Crippen LogP contribution in [0.3, 0.4) is 0 Å². The quantitative estimate of drug-likeness (QED) is 0.658. The molecule has 0 aliphatic heterocycles. The molecule has 0 atom stereocenters. The Labute approximate surface area is 82.9 Å². The van der Waals surface area contributed by atoms with Crippen LogP contribution in [0, 0.1) is 6.92 Å². The molecule has 0 aromatic carbocycles. The lowest BCUT2D eigenvalue weighted by atomic mass is 10.0. The normalized spacial score (nSPS) is 17.9. The van der Waals surface area contributed by atoms with Crippen molar-refractivity contribution in [3.05, 3.63) is 17.5 Å². The number of nitrogens with zero attached hydrogens (tertiary/aromatic N) is 2. The van der Waals surface area contributed by atoms with Crippen LogP contribution in [0.2, 0.25) is 0 Å². The lowest BCUT2D eigenvalue weighted by Gasteiger charge is -2.12. The molecule has 0 bridgehead atoms. The Morgan fingerprint density at radius 2 is 2.29 bits per heavy atom. The topological polar surface area (TPSA) is 44.1 Å². The highest BCUT2D eigenvalue weighted by atomic mass is 16.5. The van der Waals surface area contributed by atoms with E-state index in [-0.39, 0.29) is 5.97 Å². The van der Waals surface area contributed by atoms with Gasteiger partial charge in [-0.2, -0.15) is 5.10 Å². The molecule has 0 N–H and O–H groups in total. The molecule has 1 aromatic heterocycles. The molecule has 2 rings (SSSR count). The van der Waals surface area contributed by atoms with Crippen LogP contribution in [0.5, 0.6) is 0 Å². The Morgan fingerprint density at radius 3 is 2.64 bits per heavy atom. The highest BCUT2D eigenvalue weighted by molar-refractivity contribution is 5.86. The molecular formula is C10H14N2O2. The molecule has 1 aromatic rings. The van der Waals surface area contributed by atoms with Gasteiger partial charge in [0.15, 0.2) is 0 Å². The van der Waals surface area contributed by atoms with Crippen LogP contribution in [0.1, 0.15) is 24.2 Å². The Bertz CT molecular complexity index is 377. The number of hydrogen-bond donors (Lipinski definition) is 0. The maximum Gasteiger partial charge on any atom is 0.317 e. The largest absolute Gasteiger partial charge is 0.468 e. The average Bonchev–Trinajstić information content (AvgIpc) is 2.88. The summed E-state index contributed by atoms with van der Waals surface area (Å²) in [6.07, 6.45) is 1.75. The summed E-state index contributed by atoms with van der Waals surface area (Å²) in [6, 6.07) is 1.96. The van der Waals surface area contributed by atoms with E-state index in [1.54, 1.807) is 4.68 Å². The number of rotatable bonds is 2. The van der Waals surface area contributed by atoms with Gasteiger partial charge in [-0.15, -0.1) is 0 Å². The summed E-state index contributed by atoms with van der Waals surface area (Å²) in [7, 11) is 3.30. The molecule has 1 aliphatic rings. The SMILES string of the molecule is COC(=O)C1(c2cc(C)nn2C)CC1. The van der Waals surface area contributed by atoms with E-state index in [2.05, 4.69) is 5.10 Å². The third-order valence-corrected chi connectivity index (χ3v) is 2.82. The van der Waals surface area contributed by atoms with Crippen molar-refractivity contribution < 1.29 is 9.53 Å². The predicted molar refractivity (Wildman–Crippen MR) is 50.9 cm³/mol. The summed E-state index contributed by atoms with van der Waals surface area (Å²) in [6.45, 7) is 1.93. The van der Waals surface area contributed by atoms with E-state index >= 15 is 0 Å². The molecule has 76 valence electrons. The lowest BCUT2D eigenvalue weighted by molar-refractivity contribution is -0.143. The van der Waals surface area contributed by atoms with Gasteiger partial charge in [0.05, 0.1) is 18.5 Å². The van der Waals surface area contributed by atoms with Crippen LogP contribution >= 0.6 is 0 Å². The summed E-state index contributed by atoms with van der Waals surface area (Å²) in [5.41, 5.74) is 1.52. The molecule has 1 heterocycles. The second-order valence-corrected chi connectivity index (χ2v) is 3.87. The zero-order valence-corrected chi connectivity index (χ0v) is 8.70. The van der Waals surface area contributed by atoms with Crippen LogP contribution < -0.4 is 0 Å². The Balaban J connectivity index is 2.39. The average molecular weight is 194 g/mol. The molecule has 1 fully saturated rings. The van der Waals surface area contributed by atoms with Crippen molar-refractivity contribution in [2.75, 3.05) is 7.11 Å². The van der Waals surface area contributed by atoms with Crippen LogP contribution in [-0.2, 0) is 22.0 Å². The molecule has 4 nitrogen and oxygen atoms in total. The van der Waals surface area contributed by atoms with Crippen molar-refractivity contribution in [2.24, 2.45) is 7.05 Å². The molecule has 1 saturated carbocycles. The number of ether oxygens (including phenoxy) is 1. The van der Waals surface area contributed by atoms with Crippen LogP contribution in [0.25, 0.3) is 0 Å². The smallest absolute Gasteiger partial charge is 0.317 e. The summed E-state index contributed by atoms with van der Waals surface area (Å²) in [5.74, 6) is -0.138. The van der Waals surface area contributed by atoms with Crippen molar-refractivity contribution >= 4 is 5.97 Å². The fourth-order valence-corrected chi connectivity index (χ4v) is 1.94. The van der Waals surface area contributed by atoms with Crippen molar-refractivity contribution in [1.29, 1.82) is 0 Å². The molecule has 0 amide bonds. The van der Waals surface area contributed by atoms with E-state index in [0.717, 1.165) is 24.2 Å². The van der Waals surface area contributed by atoms with Gasteiger partial charge in [-0.1, -0.05) is 0 Å². The summed E-state index contributed by atoms with van der Waals surface area (Å²) in [5, 5.41) is 4.24. The third-order valence-electron chi connectivity index (χ3n) is 2.82. The molecule has 0 radical (unpaired) electrons. The van der Waals surface area contributed by atoms with Gasteiger partial charge in [-0.05, 0) is 25.8 Å². The van der Waals surface area contributed by atoms with E-state index < -0.39 is 5.41 Å². The number of carbonyl (C=O) groups excluding carboxylic acids is 1. The van der Waals surface area contributed by atoms with Crippen molar-refractivity contribution in [1.82, 2.24) is 9.78 Å². The van der Waals surface area contributed by atoms with E-state index in [1.165, 1.54) is 7.11 Å². The van der Waals surface area contributed by atoms with E-state index in [4.69, 9.17) is 4.74 Å². The van der Waals surface area contributed by atoms with Crippen LogP contribution in [0.15, 0.2) is 6.07 Å². The van der Waals surface area contributed by atoms with Gasteiger partial charge in [0.1, 0.15) is 5.41 Å². The number of carbonyl (C=O) groups is 1. The van der Waals surface area contributed by atoms with Crippen LogP contribution in [0.4, 0.5) is 0 Å². The molecule has 0 spiro atoms. The highest BCUT2D eigenvalue weighted by Gasteiger charge is 2.54. The summed E-state index contributed by atoms with van der Waals surface area (Å²) in [4.78, 5) is 11.6.